The molecule has 22 heavy (non-hydrogen) atoms. The highest BCUT2D eigenvalue weighted by Crippen LogP contribution is 2.18. The van der Waals surface area contributed by atoms with E-state index < -0.39 is 5.91 Å². The van der Waals surface area contributed by atoms with Crippen LogP contribution in [0.5, 0.6) is 0 Å². The van der Waals surface area contributed by atoms with Crippen molar-refractivity contribution < 1.29 is 14.3 Å². The van der Waals surface area contributed by atoms with Crippen LogP contribution in [0.25, 0.3) is 0 Å². The Labute approximate surface area is 134 Å². The Morgan fingerprint density at radius 3 is 2.86 bits per heavy atom. The van der Waals surface area contributed by atoms with Gasteiger partial charge in [-0.05, 0) is 37.3 Å². The Kier molecular flexibility index (Phi) is 5.65. The van der Waals surface area contributed by atoms with E-state index in [2.05, 4.69) is 27.7 Å². The lowest BCUT2D eigenvalue weighted by Gasteiger charge is -2.16. The number of pyridine rings is 1. The van der Waals surface area contributed by atoms with Crippen molar-refractivity contribution in [3.05, 3.63) is 33.2 Å². The first kappa shape index (κ1) is 16.6. The SMILES string of the molecule is COC(=O)C[C@H](S)CNC(=O)c1cc2c([nH]c1=O)CCCC2. The Bertz CT molecular complexity index is 626. The molecule has 0 fully saturated rings. The van der Waals surface area contributed by atoms with Gasteiger partial charge in [-0.2, -0.15) is 12.6 Å². The van der Waals surface area contributed by atoms with Crippen molar-refractivity contribution in [2.75, 3.05) is 13.7 Å². The minimum atomic E-state index is -0.446. The summed E-state index contributed by atoms with van der Waals surface area (Å²) in [5, 5.41) is 2.28. The van der Waals surface area contributed by atoms with Gasteiger partial charge in [0.2, 0.25) is 0 Å². The number of thiol groups is 1. The van der Waals surface area contributed by atoms with Crippen LogP contribution in [0.2, 0.25) is 0 Å². The number of nitrogens with one attached hydrogen (secondary N) is 2. The highest BCUT2D eigenvalue weighted by Gasteiger charge is 2.18. The van der Waals surface area contributed by atoms with Crippen LogP contribution in [0.3, 0.4) is 0 Å². The first-order chi connectivity index (χ1) is 10.5. The summed E-state index contributed by atoms with van der Waals surface area (Å²) in [6, 6.07) is 1.68. The van der Waals surface area contributed by atoms with Crippen molar-refractivity contribution in [3.63, 3.8) is 0 Å². The van der Waals surface area contributed by atoms with Gasteiger partial charge in [-0.1, -0.05) is 0 Å². The monoisotopic (exact) mass is 324 g/mol. The van der Waals surface area contributed by atoms with E-state index in [9.17, 15) is 14.4 Å². The molecule has 1 aliphatic carbocycles. The molecule has 1 amide bonds. The number of methoxy groups -OCH3 is 1. The molecule has 1 aromatic heterocycles. The summed E-state index contributed by atoms with van der Waals surface area (Å²) >= 11 is 4.21. The molecule has 1 heterocycles. The molecule has 0 aromatic carbocycles. The van der Waals surface area contributed by atoms with E-state index in [-0.39, 0.29) is 35.3 Å². The van der Waals surface area contributed by atoms with Gasteiger partial charge < -0.3 is 15.0 Å². The van der Waals surface area contributed by atoms with Gasteiger partial charge in [0.1, 0.15) is 5.56 Å². The topological polar surface area (TPSA) is 88.3 Å². The summed E-state index contributed by atoms with van der Waals surface area (Å²) in [5.74, 6) is -0.834. The van der Waals surface area contributed by atoms with Gasteiger partial charge in [-0.25, -0.2) is 0 Å². The quantitative estimate of drug-likeness (QED) is 0.553. The first-order valence-corrected chi connectivity index (χ1v) is 7.81. The van der Waals surface area contributed by atoms with E-state index in [0.29, 0.717) is 0 Å². The van der Waals surface area contributed by atoms with Gasteiger partial charge in [0.25, 0.3) is 11.5 Å². The van der Waals surface area contributed by atoms with E-state index in [4.69, 9.17) is 0 Å². The predicted molar refractivity (Wildman–Crippen MR) is 85.4 cm³/mol. The zero-order chi connectivity index (χ0) is 16.1. The van der Waals surface area contributed by atoms with Crippen LogP contribution in [0.1, 0.15) is 40.9 Å². The molecule has 7 heteroatoms. The molecule has 0 radical (unpaired) electrons. The standard InChI is InChI=1S/C15H20N2O4S/c1-21-13(18)7-10(22)8-16-14(19)11-6-9-4-2-3-5-12(9)17-15(11)20/h6,10,22H,2-5,7-8H2,1H3,(H,16,19)(H,17,20)/t10-/m0/s1. The number of H-pyrrole nitrogens is 1. The molecule has 0 saturated carbocycles. The molecule has 0 aliphatic heterocycles. The van der Waals surface area contributed by atoms with Crippen molar-refractivity contribution >= 4 is 24.5 Å². The molecule has 1 aromatic rings. The second-order valence-corrected chi connectivity index (χ2v) is 6.10. The minimum absolute atomic E-state index is 0.0977. The summed E-state index contributed by atoms with van der Waals surface area (Å²) in [6.07, 6.45) is 3.95. The highest BCUT2D eigenvalue weighted by atomic mass is 32.1. The molecular weight excluding hydrogens is 304 g/mol. The zero-order valence-corrected chi connectivity index (χ0v) is 13.4. The summed E-state index contributed by atoms with van der Waals surface area (Å²) in [5.41, 5.74) is 1.71. The number of fused-ring (bicyclic) bond motifs is 1. The lowest BCUT2D eigenvalue weighted by molar-refractivity contribution is -0.140. The first-order valence-electron chi connectivity index (χ1n) is 7.29. The van der Waals surface area contributed by atoms with Crippen molar-refractivity contribution in [3.8, 4) is 0 Å². The molecule has 0 spiro atoms. The molecule has 120 valence electrons. The van der Waals surface area contributed by atoms with Gasteiger partial charge in [-0.3, -0.25) is 14.4 Å². The third kappa shape index (κ3) is 4.13. The molecule has 6 nitrogen and oxygen atoms in total. The molecule has 0 unspecified atom stereocenters. The van der Waals surface area contributed by atoms with Crippen molar-refractivity contribution in [1.82, 2.24) is 10.3 Å². The lowest BCUT2D eigenvalue weighted by atomic mass is 9.95. The maximum atomic E-state index is 12.1. The van der Waals surface area contributed by atoms with Gasteiger partial charge in [0.15, 0.2) is 0 Å². The Morgan fingerprint density at radius 1 is 1.41 bits per heavy atom. The second-order valence-electron chi connectivity index (χ2n) is 5.37. The third-order valence-corrected chi connectivity index (χ3v) is 4.08. The van der Waals surface area contributed by atoms with Crippen LogP contribution in [0.4, 0.5) is 0 Å². The van der Waals surface area contributed by atoms with E-state index in [1.54, 1.807) is 6.07 Å². The average Bonchev–Trinajstić information content (AvgIpc) is 2.51. The maximum Gasteiger partial charge on any atom is 0.306 e. The van der Waals surface area contributed by atoms with Crippen LogP contribution in [-0.2, 0) is 22.4 Å². The smallest absolute Gasteiger partial charge is 0.306 e. The number of esters is 1. The van der Waals surface area contributed by atoms with Crippen LogP contribution in [0, 0.1) is 0 Å². The third-order valence-electron chi connectivity index (χ3n) is 3.71. The fourth-order valence-electron chi connectivity index (χ4n) is 2.50. The molecule has 0 saturated heterocycles. The van der Waals surface area contributed by atoms with Crippen molar-refractivity contribution in [1.29, 1.82) is 0 Å². The minimum Gasteiger partial charge on any atom is -0.469 e. The molecule has 2 rings (SSSR count). The highest BCUT2D eigenvalue weighted by molar-refractivity contribution is 7.81. The predicted octanol–water partition coefficient (Wildman–Crippen LogP) is 0.845. The number of carbonyl (C=O) groups excluding carboxylic acids is 2. The fraction of sp³-hybridized carbons (Fsp3) is 0.533. The Morgan fingerprint density at radius 2 is 2.14 bits per heavy atom. The number of hydrogen-bond donors (Lipinski definition) is 3. The van der Waals surface area contributed by atoms with Gasteiger partial charge >= 0.3 is 5.97 Å². The average molecular weight is 324 g/mol. The van der Waals surface area contributed by atoms with Crippen molar-refractivity contribution in [2.24, 2.45) is 0 Å². The van der Waals surface area contributed by atoms with Gasteiger partial charge in [-0.15, -0.1) is 0 Å². The van der Waals surface area contributed by atoms with Gasteiger partial charge in [0, 0.05) is 17.5 Å². The lowest BCUT2D eigenvalue weighted by Crippen LogP contribution is -2.35. The van der Waals surface area contributed by atoms with Crippen LogP contribution >= 0.6 is 12.6 Å². The summed E-state index contributed by atoms with van der Waals surface area (Å²) in [4.78, 5) is 38.0. The molecule has 1 atom stereocenters. The molecule has 0 bridgehead atoms. The molecule has 2 N–H and O–H groups in total. The van der Waals surface area contributed by atoms with E-state index in [0.717, 1.165) is 36.9 Å². The van der Waals surface area contributed by atoms with Crippen LogP contribution in [0.15, 0.2) is 10.9 Å². The van der Waals surface area contributed by atoms with E-state index in [1.807, 2.05) is 0 Å². The summed E-state index contributed by atoms with van der Waals surface area (Å²) in [6.45, 7) is 0.188. The number of aryl methyl sites for hydroxylation is 2. The number of aromatic amines is 1. The Hall–Kier alpha value is -1.76. The molecular formula is C15H20N2O4S. The number of hydrogen-bond acceptors (Lipinski definition) is 5. The number of carbonyl (C=O) groups is 2. The van der Waals surface area contributed by atoms with Crippen molar-refractivity contribution in [2.45, 2.75) is 37.4 Å². The number of rotatable bonds is 5. The number of amides is 1. The largest absolute Gasteiger partial charge is 0.469 e. The van der Waals surface area contributed by atoms with E-state index in [1.165, 1.54) is 7.11 Å². The van der Waals surface area contributed by atoms with Crippen LogP contribution < -0.4 is 10.9 Å². The van der Waals surface area contributed by atoms with Gasteiger partial charge in [0.05, 0.1) is 13.5 Å². The number of ether oxygens (including phenoxy) is 1. The number of aromatic nitrogens is 1. The second kappa shape index (κ2) is 7.49. The zero-order valence-electron chi connectivity index (χ0n) is 12.5. The maximum absolute atomic E-state index is 12.1. The summed E-state index contributed by atoms with van der Waals surface area (Å²) in [7, 11) is 1.30. The molecule has 1 aliphatic rings. The normalized spacial score (nSPS) is 14.8. The summed E-state index contributed by atoms with van der Waals surface area (Å²) < 4.78 is 4.54. The Balaban J connectivity index is 2.01. The van der Waals surface area contributed by atoms with Crippen LogP contribution in [-0.4, -0.2) is 35.8 Å². The fourth-order valence-corrected chi connectivity index (χ4v) is 2.74. The van der Waals surface area contributed by atoms with E-state index >= 15 is 0 Å².